The number of hydrogen-bond donors (Lipinski definition) is 2. The molecule has 0 saturated carbocycles. The van der Waals surface area contributed by atoms with Crippen LogP contribution in [0.2, 0.25) is 0 Å². The zero-order chi connectivity index (χ0) is 16.2. The summed E-state index contributed by atoms with van der Waals surface area (Å²) < 4.78 is 44.9. The minimum absolute atomic E-state index is 0. The molecule has 1 atom stereocenters. The molecule has 0 bridgehead atoms. The molecule has 0 amide bonds. The first-order valence-corrected chi connectivity index (χ1v) is 8.50. The summed E-state index contributed by atoms with van der Waals surface area (Å²) in [6.45, 7) is 2.05. The fourth-order valence-corrected chi connectivity index (χ4v) is 3.68. The lowest BCUT2D eigenvalue weighted by molar-refractivity contribution is 0.0596. The predicted octanol–water partition coefficient (Wildman–Crippen LogP) is 1.31. The Morgan fingerprint density at radius 1 is 1.48 bits per heavy atom. The molecule has 0 aliphatic carbocycles. The van der Waals surface area contributed by atoms with E-state index in [0.717, 1.165) is 44.8 Å². The van der Waals surface area contributed by atoms with Gasteiger partial charge >= 0.3 is 5.97 Å². The van der Waals surface area contributed by atoms with Gasteiger partial charge in [-0.05, 0) is 50.0 Å². The number of carbonyl (C=O) groups excluding carboxylic acids is 1. The quantitative estimate of drug-likeness (QED) is 0.742. The van der Waals surface area contributed by atoms with E-state index in [9.17, 15) is 17.6 Å². The number of halogens is 2. The van der Waals surface area contributed by atoms with E-state index in [-0.39, 0.29) is 24.5 Å². The Labute approximate surface area is 141 Å². The van der Waals surface area contributed by atoms with Crippen LogP contribution in [0.15, 0.2) is 23.1 Å². The highest BCUT2D eigenvalue weighted by Crippen LogP contribution is 2.19. The van der Waals surface area contributed by atoms with E-state index in [2.05, 4.69) is 14.8 Å². The van der Waals surface area contributed by atoms with Crippen LogP contribution in [0, 0.1) is 11.7 Å². The second-order valence-corrected chi connectivity index (χ2v) is 6.91. The van der Waals surface area contributed by atoms with Gasteiger partial charge in [-0.1, -0.05) is 0 Å². The molecule has 23 heavy (non-hydrogen) atoms. The van der Waals surface area contributed by atoms with Gasteiger partial charge in [-0.2, -0.15) is 0 Å². The van der Waals surface area contributed by atoms with Crippen molar-refractivity contribution in [2.75, 3.05) is 26.7 Å². The lowest BCUT2D eigenvalue weighted by atomic mass is 10.1. The number of ether oxygens (including phenoxy) is 1. The summed E-state index contributed by atoms with van der Waals surface area (Å²) in [7, 11) is -2.83. The van der Waals surface area contributed by atoms with Crippen LogP contribution in [-0.4, -0.2) is 41.1 Å². The normalized spacial score (nSPS) is 17.6. The third-order valence-electron chi connectivity index (χ3n) is 3.65. The molecule has 1 heterocycles. The summed E-state index contributed by atoms with van der Waals surface area (Å²) >= 11 is 0. The molecular formula is C14H20ClFN2O4S. The van der Waals surface area contributed by atoms with Gasteiger partial charge in [0.05, 0.1) is 17.6 Å². The average Bonchev–Trinajstić information content (AvgIpc) is 2.99. The topological polar surface area (TPSA) is 84.5 Å². The molecule has 1 unspecified atom stereocenters. The molecule has 1 aliphatic heterocycles. The van der Waals surface area contributed by atoms with Crippen LogP contribution in [0.3, 0.4) is 0 Å². The minimum atomic E-state index is -3.97. The first-order chi connectivity index (χ1) is 10.4. The predicted molar refractivity (Wildman–Crippen MR) is 85.8 cm³/mol. The van der Waals surface area contributed by atoms with E-state index < -0.39 is 26.7 Å². The molecule has 1 fully saturated rings. The van der Waals surface area contributed by atoms with Crippen LogP contribution in [0.25, 0.3) is 0 Å². The zero-order valence-corrected chi connectivity index (χ0v) is 14.3. The Morgan fingerprint density at radius 3 is 2.83 bits per heavy atom. The van der Waals surface area contributed by atoms with Crippen molar-refractivity contribution in [2.24, 2.45) is 5.92 Å². The molecule has 0 radical (unpaired) electrons. The third kappa shape index (κ3) is 5.13. The highest BCUT2D eigenvalue weighted by Gasteiger charge is 2.24. The molecule has 0 aromatic heterocycles. The molecule has 0 spiro atoms. The van der Waals surface area contributed by atoms with Gasteiger partial charge in [0.25, 0.3) is 0 Å². The molecule has 2 N–H and O–H groups in total. The van der Waals surface area contributed by atoms with E-state index in [1.807, 2.05) is 0 Å². The summed E-state index contributed by atoms with van der Waals surface area (Å²) in [6.07, 6.45) is 1.70. The summed E-state index contributed by atoms with van der Waals surface area (Å²) in [5.74, 6) is -1.12. The Kier molecular flexibility index (Phi) is 7.40. The molecule has 1 aromatic carbocycles. The van der Waals surface area contributed by atoms with E-state index in [0.29, 0.717) is 12.3 Å². The first-order valence-electron chi connectivity index (χ1n) is 7.02. The average molecular weight is 367 g/mol. The maximum absolute atomic E-state index is 13.4. The van der Waals surface area contributed by atoms with Crippen molar-refractivity contribution in [2.45, 2.75) is 17.7 Å². The molecular weight excluding hydrogens is 347 g/mol. The van der Waals surface area contributed by atoms with Crippen molar-refractivity contribution < 1.29 is 22.3 Å². The minimum Gasteiger partial charge on any atom is -0.465 e. The number of sulfonamides is 1. The highest BCUT2D eigenvalue weighted by atomic mass is 35.5. The number of nitrogens with one attached hydrogen (secondary N) is 2. The number of benzene rings is 1. The van der Waals surface area contributed by atoms with Gasteiger partial charge in [-0.25, -0.2) is 22.3 Å². The Bertz CT molecular complexity index is 648. The molecule has 2 rings (SSSR count). The standard InChI is InChI=1S/C14H19FN2O4S.ClH/c1-21-14(18)12-3-2-11(15)8-13(12)22(19,20)17-7-5-10-4-6-16-9-10;/h2-3,8,10,16-17H,4-7,9H2,1H3;1H. The maximum Gasteiger partial charge on any atom is 0.339 e. The Balaban J connectivity index is 0.00000264. The highest BCUT2D eigenvalue weighted by molar-refractivity contribution is 7.89. The van der Waals surface area contributed by atoms with Crippen molar-refractivity contribution in [3.63, 3.8) is 0 Å². The van der Waals surface area contributed by atoms with Crippen LogP contribution in [0.1, 0.15) is 23.2 Å². The van der Waals surface area contributed by atoms with Gasteiger partial charge in [-0.3, -0.25) is 0 Å². The Hall–Kier alpha value is -1.22. The maximum atomic E-state index is 13.4. The molecule has 9 heteroatoms. The van der Waals surface area contributed by atoms with Crippen LogP contribution in [0.4, 0.5) is 4.39 Å². The summed E-state index contributed by atoms with van der Waals surface area (Å²) in [6, 6.07) is 2.96. The number of rotatable bonds is 6. The van der Waals surface area contributed by atoms with Gasteiger partial charge in [0, 0.05) is 6.54 Å². The first kappa shape index (κ1) is 19.8. The van der Waals surface area contributed by atoms with Crippen molar-refractivity contribution >= 4 is 28.4 Å². The lowest BCUT2D eigenvalue weighted by Crippen LogP contribution is -2.28. The summed E-state index contributed by atoms with van der Waals surface area (Å²) in [5, 5.41) is 3.20. The smallest absolute Gasteiger partial charge is 0.339 e. The monoisotopic (exact) mass is 366 g/mol. The molecule has 6 nitrogen and oxygen atoms in total. The van der Waals surface area contributed by atoms with Gasteiger partial charge in [0.1, 0.15) is 5.82 Å². The van der Waals surface area contributed by atoms with Crippen molar-refractivity contribution in [3.8, 4) is 0 Å². The fraction of sp³-hybridized carbons (Fsp3) is 0.500. The van der Waals surface area contributed by atoms with Crippen molar-refractivity contribution in [1.29, 1.82) is 0 Å². The van der Waals surface area contributed by atoms with Crippen molar-refractivity contribution in [3.05, 3.63) is 29.6 Å². The molecule has 130 valence electrons. The van der Waals surface area contributed by atoms with Gasteiger partial charge in [0.2, 0.25) is 10.0 Å². The summed E-state index contributed by atoms with van der Waals surface area (Å²) in [4.78, 5) is 11.2. The van der Waals surface area contributed by atoms with Gasteiger partial charge in [0.15, 0.2) is 0 Å². The SMILES string of the molecule is COC(=O)c1ccc(F)cc1S(=O)(=O)NCCC1CCNC1.Cl. The van der Waals surface area contributed by atoms with Crippen LogP contribution >= 0.6 is 12.4 Å². The van der Waals surface area contributed by atoms with Crippen LogP contribution in [0.5, 0.6) is 0 Å². The number of methoxy groups -OCH3 is 1. The molecule has 1 aromatic rings. The molecule has 1 aliphatic rings. The number of carbonyl (C=O) groups is 1. The zero-order valence-electron chi connectivity index (χ0n) is 12.7. The number of esters is 1. The van der Waals surface area contributed by atoms with E-state index in [1.54, 1.807) is 0 Å². The van der Waals surface area contributed by atoms with Gasteiger partial charge in [-0.15, -0.1) is 12.4 Å². The second-order valence-electron chi connectivity index (χ2n) is 5.18. The van der Waals surface area contributed by atoms with Crippen molar-refractivity contribution in [1.82, 2.24) is 10.0 Å². The Morgan fingerprint density at radius 2 is 2.22 bits per heavy atom. The van der Waals surface area contributed by atoms with Crippen LogP contribution < -0.4 is 10.0 Å². The van der Waals surface area contributed by atoms with E-state index in [1.165, 1.54) is 0 Å². The summed E-state index contributed by atoms with van der Waals surface area (Å²) in [5.41, 5.74) is -0.182. The van der Waals surface area contributed by atoms with E-state index in [4.69, 9.17) is 0 Å². The number of hydrogen-bond acceptors (Lipinski definition) is 5. The van der Waals surface area contributed by atoms with Gasteiger partial charge < -0.3 is 10.1 Å². The third-order valence-corrected chi connectivity index (χ3v) is 5.15. The lowest BCUT2D eigenvalue weighted by Gasteiger charge is -2.12. The van der Waals surface area contributed by atoms with Crippen LogP contribution in [-0.2, 0) is 14.8 Å². The second kappa shape index (κ2) is 8.58. The molecule has 1 saturated heterocycles. The fourth-order valence-electron chi connectivity index (χ4n) is 2.43. The largest absolute Gasteiger partial charge is 0.465 e. The van der Waals surface area contributed by atoms with E-state index >= 15 is 0 Å².